The SMILES string of the molecule is CC(=O)Nc1ccc(OCc2nc(N)nc(Nc3ccccc3)n2)cc1. The molecule has 0 saturated heterocycles. The molecule has 4 N–H and O–H groups in total. The first-order chi connectivity index (χ1) is 12.6. The summed E-state index contributed by atoms with van der Waals surface area (Å²) in [5.41, 5.74) is 7.29. The zero-order chi connectivity index (χ0) is 18.4. The molecule has 0 aliphatic rings. The lowest BCUT2D eigenvalue weighted by molar-refractivity contribution is -0.114. The van der Waals surface area contributed by atoms with Gasteiger partial charge in [0.25, 0.3) is 0 Å². The lowest BCUT2D eigenvalue weighted by Crippen LogP contribution is -2.09. The first-order valence-electron chi connectivity index (χ1n) is 7.91. The number of carbonyl (C=O) groups is 1. The molecule has 0 saturated carbocycles. The lowest BCUT2D eigenvalue weighted by atomic mass is 10.3. The molecule has 0 atom stereocenters. The van der Waals surface area contributed by atoms with Crippen molar-refractivity contribution < 1.29 is 9.53 Å². The molecule has 1 amide bonds. The molecule has 0 bridgehead atoms. The van der Waals surface area contributed by atoms with Crippen molar-refractivity contribution in [1.82, 2.24) is 15.0 Å². The van der Waals surface area contributed by atoms with E-state index in [-0.39, 0.29) is 18.5 Å². The van der Waals surface area contributed by atoms with Crippen LogP contribution in [0.25, 0.3) is 0 Å². The van der Waals surface area contributed by atoms with Crippen LogP contribution in [-0.4, -0.2) is 20.9 Å². The zero-order valence-electron chi connectivity index (χ0n) is 14.1. The number of anilines is 4. The van der Waals surface area contributed by atoms with Crippen molar-refractivity contribution in [2.24, 2.45) is 0 Å². The van der Waals surface area contributed by atoms with Gasteiger partial charge in [-0.05, 0) is 36.4 Å². The zero-order valence-corrected chi connectivity index (χ0v) is 14.1. The van der Waals surface area contributed by atoms with Crippen LogP contribution in [0.4, 0.5) is 23.3 Å². The van der Waals surface area contributed by atoms with Gasteiger partial charge in [-0.2, -0.15) is 15.0 Å². The van der Waals surface area contributed by atoms with E-state index in [1.54, 1.807) is 24.3 Å². The first-order valence-corrected chi connectivity index (χ1v) is 7.91. The second-order valence-electron chi connectivity index (χ2n) is 5.42. The number of hydrogen-bond acceptors (Lipinski definition) is 7. The molecule has 1 aromatic heterocycles. The van der Waals surface area contributed by atoms with E-state index in [0.717, 1.165) is 5.69 Å². The van der Waals surface area contributed by atoms with Crippen molar-refractivity contribution in [3.63, 3.8) is 0 Å². The van der Waals surface area contributed by atoms with E-state index in [9.17, 15) is 4.79 Å². The van der Waals surface area contributed by atoms with E-state index in [4.69, 9.17) is 10.5 Å². The number of benzene rings is 2. The Bertz CT molecular complexity index is 884. The van der Waals surface area contributed by atoms with Crippen LogP contribution in [0, 0.1) is 0 Å². The Morgan fingerprint density at radius 3 is 2.42 bits per heavy atom. The third-order valence-electron chi connectivity index (χ3n) is 3.27. The normalized spacial score (nSPS) is 10.2. The van der Waals surface area contributed by atoms with E-state index >= 15 is 0 Å². The highest BCUT2D eigenvalue weighted by molar-refractivity contribution is 5.88. The molecular formula is C18H18N6O2. The molecular weight excluding hydrogens is 332 g/mol. The summed E-state index contributed by atoms with van der Waals surface area (Å²) in [7, 11) is 0. The van der Waals surface area contributed by atoms with Crippen molar-refractivity contribution >= 4 is 29.2 Å². The van der Waals surface area contributed by atoms with Gasteiger partial charge in [0.05, 0.1) is 0 Å². The summed E-state index contributed by atoms with van der Waals surface area (Å²) in [4.78, 5) is 23.5. The largest absolute Gasteiger partial charge is 0.486 e. The third kappa shape index (κ3) is 4.91. The minimum atomic E-state index is -0.127. The van der Waals surface area contributed by atoms with Gasteiger partial charge in [0.1, 0.15) is 12.4 Å². The number of amides is 1. The van der Waals surface area contributed by atoms with Crippen LogP contribution in [0.3, 0.4) is 0 Å². The number of hydrogen-bond donors (Lipinski definition) is 3. The fraction of sp³-hybridized carbons (Fsp3) is 0.111. The number of aromatic nitrogens is 3. The number of carbonyl (C=O) groups excluding carboxylic acids is 1. The summed E-state index contributed by atoms with van der Waals surface area (Å²) in [6.45, 7) is 1.59. The van der Waals surface area contributed by atoms with Gasteiger partial charge < -0.3 is 21.1 Å². The summed E-state index contributed by atoms with van der Waals surface area (Å²) in [5, 5.41) is 5.76. The molecule has 132 valence electrons. The highest BCUT2D eigenvalue weighted by atomic mass is 16.5. The number of nitrogens with one attached hydrogen (secondary N) is 2. The van der Waals surface area contributed by atoms with Gasteiger partial charge in [-0.25, -0.2) is 0 Å². The van der Waals surface area contributed by atoms with Crippen LogP contribution in [0.2, 0.25) is 0 Å². The average molecular weight is 350 g/mol. The molecule has 2 aromatic carbocycles. The number of nitrogen functional groups attached to an aromatic ring is 1. The van der Waals surface area contributed by atoms with Crippen LogP contribution in [0.1, 0.15) is 12.7 Å². The van der Waals surface area contributed by atoms with E-state index < -0.39 is 0 Å². The predicted molar refractivity (Wildman–Crippen MR) is 99.0 cm³/mol. The Balaban J connectivity index is 1.65. The summed E-state index contributed by atoms with van der Waals surface area (Å²) in [5.74, 6) is 1.36. The van der Waals surface area contributed by atoms with Gasteiger partial charge in [-0.15, -0.1) is 0 Å². The fourth-order valence-electron chi connectivity index (χ4n) is 2.19. The first kappa shape index (κ1) is 17.2. The average Bonchev–Trinajstić information content (AvgIpc) is 2.61. The van der Waals surface area contributed by atoms with Crippen molar-refractivity contribution in [1.29, 1.82) is 0 Å². The highest BCUT2D eigenvalue weighted by Crippen LogP contribution is 2.17. The van der Waals surface area contributed by atoms with Gasteiger partial charge in [0.15, 0.2) is 5.82 Å². The Kier molecular flexibility index (Phi) is 5.23. The second-order valence-corrected chi connectivity index (χ2v) is 5.42. The number of rotatable bonds is 6. The van der Waals surface area contributed by atoms with Crippen LogP contribution < -0.4 is 21.1 Å². The maximum absolute atomic E-state index is 11.0. The molecule has 1 heterocycles. The molecule has 0 fully saturated rings. The minimum Gasteiger partial charge on any atom is -0.486 e. The van der Waals surface area contributed by atoms with E-state index in [2.05, 4.69) is 25.6 Å². The maximum Gasteiger partial charge on any atom is 0.232 e. The molecule has 26 heavy (non-hydrogen) atoms. The molecule has 3 aromatic rings. The maximum atomic E-state index is 11.0. The van der Waals surface area contributed by atoms with Gasteiger partial charge in [0, 0.05) is 18.3 Å². The van der Waals surface area contributed by atoms with E-state index in [1.807, 2.05) is 30.3 Å². The summed E-state index contributed by atoms with van der Waals surface area (Å²) < 4.78 is 5.66. The van der Waals surface area contributed by atoms with Crippen molar-refractivity contribution in [2.45, 2.75) is 13.5 Å². The van der Waals surface area contributed by atoms with E-state index in [0.29, 0.717) is 23.2 Å². The number of nitrogens with two attached hydrogens (primary N) is 1. The highest BCUT2D eigenvalue weighted by Gasteiger charge is 2.06. The monoisotopic (exact) mass is 350 g/mol. The standard InChI is InChI=1S/C18H18N6O2/c1-12(25)20-14-7-9-15(10-8-14)26-11-16-22-17(19)24-18(23-16)21-13-5-3-2-4-6-13/h2-10H,11H2,1H3,(H,20,25)(H3,19,21,22,23,24). The summed E-state index contributed by atoms with van der Waals surface area (Å²) in [6, 6.07) is 16.5. The minimum absolute atomic E-state index is 0.109. The van der Waals surface area contributed by atoms with Crippen LogP contribution >= 0.6 is 0 Å². The Morgan fingerprint density at radius 1 is 1.00 bits per heavy atom. The van der Waals surface area contributed by atoms with Gasteiger partial charge in [0.2, 0.25) is 17.8 Å². The Labute approximate surface area is 150 Å². The predicted octanol–water partition coefficient (Wildman–Crippen LogP) is 2.73. The Morgan fingerprint density at radius 2 is 1.73 bits per heavy atom. The van der Waals surface area contributed by atoms with Crippen molar-refractivity contribution in [2.75, 3.05) is 16.4 Å². The third-order valence-corrected chi connectivity index (χ3v) is 3.27. The van der Waals surface area contributed by atoms with Gasteiger partial charge >= 0.3 is 0 Å². The van der Waals surface area contributed by atoms with Crippen LogP contribution in [-0.2, 0) is 11.4 Å². The quantitative estimate of drug-likeness (QED) is 0.626. The molecule has 0 unspecified atom stereocenters. The number of para-hydroxylation sites is 1. The number of nitrogens with zero attached hydrogens (tertiary/aromatic N) is 3. The topological polar surface area (TPSA) is 115 Å². The fourth-order valence-corrected chi connectivity index (χ4v) is 2.19. The van der Waals surface area contributed by atoms with Crippen LogP contribution in [0.5, 0.6) is 5.75 Å². The van der Waals surface area contributed by atoms with Crippen LogP contribution in [0.15, 0.2) is 54.6 Å². The van der Waals surface area contributed by atoms with Crippen molar-refractivity contribution in [3.8, 4) is 5.75 Å². The smallest absolute Gasteiger partial charge is 0.232 e. The molecule has 8 heteroatoms. The Hall–Kier alpha value is -3.68. The molecule has 0 spiro atoms. The molecule has 3 rings (SSSR count). The van der Waals surface area contributed by atoms with E-state index in [1.165, 1.54) is 6.92 Å². The molecule has 0 radical (unpaired) electrons. The number of ether oxygens (including phenoxy) is 1. The van der Waals surface area contributed by atoms with Gasteiger partial charge in [-0.1, -0.05) is 18.2 Å². The molecule has 0 aliphatic heterocycles. The molecule has 0 aliphatic carbocycles. The summed E-state index contributed by atoms with van der Waals surface area (Å²) in [6.07, 6.45) is 0. The van der Waals surface area contributed by atoms with Crippen molar-refractivity contribution in [3.05, 3.63) is 60.4 Å². The lowest BCUT2D eigenvalue weighted by Gasteiger charge is -2.09. The second kappa shape index (κ2) is 7.93. The summed E-state index contributed by atoms with van der Waals surface area (Å²) >= 11 is 0. The van der Waals surface area contributed by atoms with Gasteiger partial charge in [-0.3, -0.25) is 4.79 Å². The molecule has 8 nitrogen and oxygen atoms in total.